The Morgan fingerprint density at radius 3 is 2.02 bits per heavy atom. The van der Waals surface area contributed by atoms with Crippen molar-refractivity contribution in [2.24, 2.45) is 0 Å². The summed E-state index contributed by atoms with van der Waals surface area (Å²) in [4.78, 5) is 3.52. The number of fused-ring (bicyclic) bond motifs is 2. The van der Waals surface area contributed by atoms with E-state index in [2.05, 4.69) is 34.0 Å². The predicted molar refractivity (Wildman–Crippen MR) is 173 cm³/mol. The van der Waals surface area contributed by atoms with Crippen molar-refractivity contribution < 1.29 is 4.52 Å². The predicted octanol–water partition coefficient (Wildman–Crippen LogP) is 7.87. The largest absolute Gasteiger partial charge is 0.361 e. The molecule has 4 aromatic rings. The number of halogens is 2. The average Bonchev–Trinajstić information content (AvgIpc) is 3.44. The van der Waals surface area contributed by atoms with Gasteiger partial charge in [0, 0.05) is 32.2 Å². The van der Waals surface area contributed by atoms with E-state index in [-0.39, 0.29) is 0 Å². The summed E-state index contributed by atoms with van der Waals surface area (Å²) in [6.45, 7) is 6.01. The molecule has 2 aliphatic rings. The lowest BCUT2D eigenvalue weighted by Crippen LogP contribution is -2.16. The van der Waals surface area contributed by atoms with Gasteiger partial charge in [0.25, 0.3) is 0 Å². The van der Waals surface area contributed by atoms with Gasteiger partial charge in [-0.15, -0.1) is 34.9 Å². The summed E-state index contributed by atoms with van der Waals surface area (Å²) < 4.78 is 5.11. The number of nitrogens with zero attached hydrogens (tertiary/aromatic N) is 2. The van der Waals surface area contributed by atoms with Crippen LogP contribution in [0.15, 0.2) is 56.1 Å². The number of thiophene rings is 1. The van der Waals surface area contributed by atoms with Crippen LogP contribution >= 0.6 is 58.1 Å². The van der Waals surface area contributed by atoms with Gasteiger partial charge in [0.1, 0.15) is 11.8 Å². The molecule has 10 heteroatoms. The number of thioether (sulfide) groups is 2. The fourth-order valence-corrected chi connectivity index (χ4v) is 8.88. The highest BCUT2D eigenvalue weighted by Gasteiger charge is 2.17. The van der Waals surface area contributed by atoms with Crippen LogP contribution in [-0.2, 0) is 37.2 Å². The molecule has 0 amide bonds. The molecule has 0 spiro atoms. The third-order valence-corrected chi connectivity index (χ3v) is 11.5. The van der Waals surface area contributed by atoms with E-state index < -0.39 is 0 Å². The van der Waals surface area contributed by atoms with Gasteiger partial charge >= 0.3 is 0 Å². The fraction of sp³-hybridized carbons (Fsp3) is 0.355. The number of rotatable bonds is 6. The first kappa shape index (κ1) is 30.5. The van der Waals surface area contributed by atoms with Gasteiger partial charge in [-0.3, -0.25) is 0 Å². The number of aryl methyl sites for hydroxylation is 1. The Hall–Kier alpha value is -1.96. The molecule has 2 aromatic heterocycles. The van der Waals surface area contributed by atoms with Crippen molar-refractivity contribution >= 4 is 58.1 Å². The van der Waals surface area contributed by atoms with E-state index in [0.717, 1.165) is 95.3 Å². The second kappa shape index (κ2) is 15.0. The quantitative estimate of drug-likeness (QED) is 0.207. The minimum absolute atomic E-state index is 0.785. The third-order valence-electron chi connectivity index (χ3n) is 7.12. The van der Waals surface area contributed by atoms with Gasteiger partial charge in [0.15, 0.2) is 0 Å². The maximum absolute atomic E-state index is 9.10. The van der Waals surface area contributed by atoms with Crippen molar-refractivity contribution in [1.29, 1.82) is 5.26 Å². The van der Waals surface area contributed by atoms with Crippen molar-refractivity contribution in [3.8, 4) is 6.07 Å². The van der Waals surface area contributed by atoms with E-state index in [1.165, 1.54) is 32.0 Å². The van der Waals surface area contributed by atoms with Gasteiger partial charge in [0.05, 0.1) is 21.3 Å². The lowest BCUT2D eigenvalue weighted by molar-refractivity contribution is 0.393. The molecule has 0 unspecified atom stereocenters. The molecule has 2 aromatic carbocycles. The molecule has 0 radical (unpaired) electrons. The molecular weight excluding hydrogens is 611 g/mol. The molecule has 5 nitrogen and oxygen atoms in total. The summed E-state index contributed by atoms with van der Waals surface area (Å²) in [5.74, 6) is 2.45. The highest BCUT2D eigenvalue weighted by Crippen LogP contribution is 2.38. The number of hydrogen-bond donors (Lipinski definition) is 2. The molecule has 0 saturated heterocycles. The normalized spacial score (nSPS) is 14.6. The third kappa shape index (κ3) is 7.91. The second-order valence-electron chi connectivity index (χ2n) is 9.90. The summed E-state index contributed by atoms with van der Waals surface area (Å²) in [7, 11) is 0. The lowest BCUT2D eigenvalue weighted by Gasteiger charge is -2.13. The Labute approximate surface area is 264 Å². The van der Waals surface area contributed by atoms with E-state index in [1.807, 2.05) is 36.6 Å². The molecule has 214 valence electrons. The van der Waals surface area contributed by atoms with Crippen LogP contribution < -0.4 is 10.6 Å². The summed E-state index contributed by atoms with van der Waals surface area (Å²) in [5.41, 5.74) is 7.34. The van der Waals surface area contributed by atoms with E-state index >= 15 is 0 Å². The fourth-order valence-electron chi connectivity index (χ4n) is 5.05. The van der Waals surface area contributed by atoms with Crippen LogP contribution in [0.5, 0.6) is 0 Å². The monoisotopic (exact) mass is 642 g/mol. The van der Waals surface area contributed by atoms with Gasteiger partial charge in [-0.05, 0) is 105 Å². The Balaban J connectivity index is 0.000000165. The first-order valence-corrected chi connectivity index (χ1v) is 17.3. The molecule has 2 N–H and O–H groups in total. The lowest BCUT2D eigenvalue weighted by atomic mass is 10.0. The number of aromatic nitrogens is 1. The van der Waals surface area contributed by atoms with Crippen LogP contribution in [0.25, 0.3) is 0 Å². The maximum Gasteiger partial charge on any atom is 0.133 e. The zero-order valence-electron chi connectivity index (χ0n) is 22.9. The maximum atomic E-state index is 9.10. The summed E-state index contributed by atoms with van der Waals surface area (Å²) in [6, 6.07) is 14.5. The number of hydrogen-bond acceptors (Lipinski definition) is 8. The summed E-state index contributed by atoms with van der Waals surface area (Å²) in [6.07, 6.45) is 4.19. The first-order valence-electron chi connectivity index (χ1n) is 13.7. The van der Waals surface area contributed by atoms with Crippen LogP contribution in [0.1, 0.15) is 44.1 Å². The van der Waals surface area contributed by atoms with E-state index in [4.69, 9.17) is 33.0 Å². The molecule has 0 aliphatic carbocycles. The van der Waals surface area contributed by atoms with Gasteiger partial charge in [-0.2, -0.15) is 5.26 Å². The average molecular weight is 644 g/mol. The first-order chi connectivity index (χ1) is 20.0. The zero-order valence-corrected chi connectivity index (χ0v) is 26.9. The zero-order chi connectivity index (χ0) is 28.6. The van der Waals surface area contributed by atoms with Crippen molar-refractivity contribution in [3.05, 3.63) is 96.0 Å². The Morgan fingerprint density at radius 2 is 1.46 bits per heavy atom. The minimum atomic E-state index is 0.785. The van der Waals surface area contributed by atoms with Gasteiger partial charge in [0.2, 0.25) is 0 Å². The van der Waals surface area contributed by atoms with Crippen molar-refractivity contribution in [3.63, 3.8) is 0 Å². The number of nitriles is 1. The van der Waals surface area contributed by atoms with Crippen molar-refractivity contribution in [1.82, 2.24) is 15.8 Å². The highest BCUT2D eigenvalue weighted by atomic mass is 35.5. The van der Waals surface area contributed by atoms with Gasteiger partial charge in [-0.25, -0.2) is 0 Å². The van der Waals surface area contributed by atoms with Crippen LogP contribution in [0.2, 0.25) is 10.0 Å². The molecule has 0 fully saturated rings. The number of nitrogens with one attached hydrogen (secondary N) is 2. The second-order valence-corrected chi connectivity index (χ2v) is 13.7. The van der Waals surface area contributed by atoms with E-state index in [0.29, 0.717) is 0 Å². The summed E-state index contributed by atoms with van der Waals surface area (Å²) >= 11 is 18.0. The molecule has 0 saturated carbocycles. The van der Waals surface area contributed by atoms with Crippen LogP contribution in [0.3, 0.4) is 0 Å². The standard InChI is InChI=1S/C16H15ClN2S2.C15H17ClN2OS/c17-14-2-1-11-3-6-19-7-4-13(11)16(14)21-10-15-12(9-18)5-8-20-15;1-10-8-12(18-19-10)9-20-15-13-5-7-17-6-4-11(13)2-3-14(15)16/h1-2,5,8,19H,3-4,6-7,10H2;2-3,8,17H,4-7,9H2,1H3. The highest BCUT2D eigenvalue weighted by molar-refractivity contribution is 7.99. The van der Waals surface area contributed by atoms with E-state index in [1.54, 1.807) is 34.9 Å². The molecular formula is C31H32Cl2N4OS3. The molecule has 6 rings (SSSR count). The van der Waals surface area contributed by atoms with Crippen molar-refractivity contribution in [2.75, 3.05) is 26.2 Å². The van der Waals surface area contributed by atoms with Crippen LogP contribution in [-0.4, -0.2) is 31.3 Å². The summed E-state index contributed by atoms with van der Waals surface area (Å²) in [5, 5.41) is 23.7. The van der Waals surface area contributed by atoms with E-state index in [9.17, 15) is 0 Å². The minimum Gasteiger partial charge on any atom is -0.361 e. The molecule has 4 heterocycles. The van der Waals surface area contributed by atoms with Gasteiger partial charge in [-0.1, -0.05) is 40.5 Å². The van der Waals surface area contributed by atoms with Crippen LogP contribution in [0, 0.1) is 18.3 Å². The molecule has 0 bridgehead atoms. The number of benzene rings is 2. The Bertz CT molecular complexity index is 1530. The smallest absolute Gasteiger partial charge is 0.133 e. The Kier molecular flexibility index (Phi) is 11.1. The topological polar surface area (TPSA) is 73.9 Å². The van der Waals surface area contributed by atoms with Crippen molar-refractivity contribution in [2.45, 2.75) is 53.9 Å². The molecule has 0 atom stereocenters. The Morgan fingerprint density at radius 1 is 0.878 bits per heavy atom. The van der Waals surface area contributed by atoms with Crippen LogP contribution in [0.4, 0.5) is 0 Å². The molecule has 41 heavy (non-hydrogen) atoms. The molecule has 2 aliphatic heterocycles. The van der Waals surface area contributed by atoms with Gasteiger partial charge < -0.3 is 15.2 Å². The SMILES string of the molecule is Cc1cc(CSc2c(Cl)ccc3c2CCNCC3)no1.N#Cc1ccsc1CSc1c(Cl)ccc2c1CCNCC2.